The van der Waals surface area contributed by atoms with E-state index in [1.165, 1.54) is 18.2 Å². The molecule has 1 aliphatic carbocycles. The van der Waals surface area contributed by atoms with Crippen molar-refractivity contribution in [2.75, 3.05) is 6.54 Å². The fourth-order valence-electron chi connectivity index (χ4n) is 3.89. The molecule has 3 amide bonds. The minimum absolute atomic E-state index is 0.0580. The Morgan fingerprint density at radius 2 is 2.00 bits per heavy atom. The predicted molar refractivity (Wildman–Crippen MR) is 91.8 cm³/mol. The molecule has 6 nitrogen and oxygen atoms in total. The monoisotopic (exact) mass is 398 g/mol. The molecule has 1 saturated heterocycles. The lowest BCUT2D eigenvalue weighted by molar-refractivity contribution is -0.150. The molecule has 1 aromatic carbocycles. The largest absolute Gasteiger partial charge is 0.459 e. The Hall–Kier alpha value is -2.58. The van der Waals surface area contributed by atoms with Gasteiger partial charge < -0.3 is 10.1 Å². The van der Waals surface area contributed by atoms with Crippen LogP contribution in [-0.2, 0) is 27.1 Å². The smallest absolute Gasteiger partial charge is 0.416 e. The quantitative estimate of drug-likeness (QED) is 0.624. The molecule has 152 valence electrons. The number of amides is 3. The molecule has 1 aliphatic heterocycles. The number of carbonyl (C=O) groups excluding carboxylic acids is 3. The summed E-state index contributed by atoms with van der Waals surface area (Å²) < 4.78 is 43.9. The predicted octanol–water partition coefficient (Wildman–Crippen LogP) is 3.25. The first kappa shape index (κ1) is 20.2. The fourth-order valence-corrected chi connectivity index (χ4v) is 3.89. The highest BCUT2D eigenvalue weighted by Gasteiger charge is 2.55. The Labute approximate surface area is 160 Å². The standard InChI is InChI=1S/C19H21F3N2O4/c1-12-6-4-5-9-18(12)16(26)24(17(27)23-18)10-15(25)28-11-13-7-2-3-8-14(13)19(20,21)22/h2-3,7-8,12H,4-6,9-11H2,1H3,(H,23,27)/t12-,18+/m1/s1. The number of urea groups is 1. The van der Waals surface area contributed by atoms with E-state index in [2.05, 4.69) is 5.32 Å². The number of carbonyl (C=O) groups is 3. The van der Waals surface area contributed by atoms with Gasteiger partial charge in [-0.1, -0.05) is 38.0 Å². The summed E-state index contributed by atoms with van der Waals surface area (Å²) in [5.74, 6) is -1.48. The first-order valence-corrected chi connectivity index (χ1v) is 9.10. The number of ether oxygens (including phenoxy) is 1. The summed E-state index contributed by atoms with van der Waals surface area (Å²) >= 11 is 0. The minimum atomic E-state index is -4.57. The molecular weight excluding hydrogens is 377 g/mol. The van der Waals surface area contributed by atoms with E-state index in [-0.39, 0.29) is 11.5 Å². The van der Waals surface area contributed by atoms with Crippen molar-refractivity contribution in [1.82, 2.24) is 10.2 Å². The van der Waals surface area contributed by atoms with Crippen LogP contribution in [0.2, 0.25) is 0 Å². The molecule has 28 heavy (non-hydrogen) atoms. The van der Waals surface area contributed by atoms with E-state index in [0.29, 0.717) is 6.42 Å². The summed E-state index contributed by atoms with van der Waals surface area (Å²) in [7, 11) is 0. The SMILES string of the molecule is C[C@@H]1CCCC[C@]12NC(=O)N(CC(=O)OCc1ccccc1C(F)(F)F)C2=O. The van der Waals surface area contributed by atoms with E-state index in [1.807, 2.05) is 6.92 Å². The Balaban J connectivity index is 1.65. The van der Waals surface area contributed by atoms with Crippen LogP contribution in [0.15, 0.2) is 24.3 Å². The molecule has 0 bridgehead atoms. The summed E-state index contributed by atoms with van der Waals surface area (Å²) in [6.07, 6.45) is -1.52. The number of alkyl halides is 3. The van der Waals surface area contributed by atoms with E-state index in [1.54, 1.807) is 0 Å². The van der Waals surface area contributed by atoms with Crippen LogP contribution >= 0.6 is 0 Å². The fraction of sp³-hybridized carbons (Fsp3) is 0.526. The molecule has 2 aliphatic rings. The lowest BCUT2D eigenvalue weighted by atomic mass is 9.73. The van der Waals surface area contributed by atoms with Crippen molar-refractivity contribution in [2.24, 2.45) is 5.92 Å². The van der Waals surface area contributed by atoms with Gasteiger partial charge in [0.25, 0.3) is 5.91 Å². The maximum Gasteiger partial charge on any atom is 0.416 e. The molecule has 1 aromatic rings. The molecule has 1 spiro atoms. The molecular formula is C19H21F3N2O4. The van der Waals surface area contributed by atoms with Crippen LogP contribution < -0.4 is 5.32 Å². The van der Waals surface area contributed by atoms with Crippen LogP contribution in [0.25, 0.3) is 0 Å². The Bertz CT molecular complexity index is 796. The average Bonchev–Trinajstić information content (AvgIpc) is 2.87. The van der Waals surface area contributed by atoms with Crippen LogP contribution in [-0.4, -0.2) is 34.9 Å². The first-order chi connectivity index (χ1) is 13.1. The summed E-state index contributed by atoms with van der Waals surface area (Å²) in [6.45, 7) is 0.653. The number of halogens is 3. The molecule has 9 heteroatoms. The number of imide groups is 1. The van der Waals surface area contributed by atoms with E-state index < -0.39 is 48.3 Å². The lowest BCUT2D eigenvalue weighted by Gasteiger charge is -2.36. The van der Waals surface area contributed by atoms with Gasteiger partial charge in [-0.25, -0.2) is 4.79 Å². The molecule has 2 atom stereocenters. The molecule has 0 aromatic heterocycles. The molecule has 2 fully saturated rings. The maximum atomic E-state index is 13.0. The third-order valence-electron chi connectivity index (χ3n) is 5.50. The van der Waals surface area contributed by atoms with Gasteiger partial charge >= 0.3 is 18.2 Å². The Kier molecular flexibility index (Phi) is 5.36. The van der Waals surface area contributed by atoms with Crippen LogP contribution in [0.4, 0.5) is 18.0 Å². The van der Waals surface area contributed by atoms with E-state index >= 15 is 0 Å². The van der Waals surface area contributed by atoms with E-state index in [4.69, 9.17) is 4.74 Å². The van der Waals surface area contributed by atoms with Crippen molar-refractivity contribution < 1.29 is 32.3 Å². The third kappa shape index (κ3) is 3.70. The van der Waals surface area contributed by atoms with E-state index in [0.717, 1.165) is 30.2 Å². The maximum absolute atomic E-state index is 13.0. The van der Waals surface area contributed by atoms with Crippen molar-refractivity contribution in [2.45, 2.75) is 50.9 Å². The van der Waals surface area contributed by atoms with E-state index in [9.17, 15) is 27.6 Å². The lowest BCUT2D eigenvalue weighted by Crippen LogP contribution is -2.54. The van der Waals surface area contributed by atoms with Crippen LogP contribution in [0.1, 0.15) is 43.7 Å². The Morgan fingerprint density at radius 1 is 1.29 bits per heavy atom. The number of hydrogen-bond acceptors (Lipinski definition) is 4. The number of esters is 1. The van der Waals surface area contributed by atoms with Gasteiger partial charge in [0.1, 0.15) is 18.7 Å². The van der Waals surface area contributed by atoms with Crippen LogP contribution in [0.3, 0.4) is 0 Å². The number of nitrogens with one attached hydrogen (secondary N) is 1. The van der Waals surface area contributed by atoms with Crippen molar-refractivity contribution in [1.29, 1.82) is 0 Å². The van der Waals surface area contributed by atoms with Gasteiger partial charge in [-0.05, 0) is 24.8 Å². The molecule has 3 rings (SSSR count). The topological polar surface area (TPSA) is 75.7 Å². The zero-order valence-electron chi connectivity index (χ0n) is 15.3. The van der Waals surface area contributed by atoms with Gasteiger partial charge in [-0.3, -0.25) is 14.5 Å². The number of nitrogens with zero attached hydrogens (tertiary/aromatic N) is 1. The van der Waals surface area contributed by atoms with Gasteiger partial charge in [-0.2, -0.15) is 13.2 Å². The number of benzene rings is 1. The highest BCUT2D eigenvalue weighted by molar-refractivity contribution is 6.08. The molecule has 0 radical (unpaired) electrons. The highest BCUT2D eigenvalue weighted by atomic mass is 19.4. The second kappa shape index (κ2) is 7.44. The Morgan fingerprint density at radius 3 is 2.68 bits per heavy atom. The summed E-state index contributed by atoms with van der Waals surface area (Å²) in [5, 5.41) is 2.71. The van der Waals surface area contributed by atoms with Gasteiger partial charge in [0.15, 0.2) is 0 Å². The molecule has 1 saturated carbocycles. The second-order valence-corrected chi connectivity index (χ2v) is 7.26. The second-order valence-electron chi connectivity index (χ2n) is 7.26. The number of rotatable bonds is 4. The normalized spacial score (nSPS) is 25.1. The van der Waals surface area contributed by atoms with Gasteiger partial charge in [0, 0.05) is 5.56 Å². The van der Waals surface area contributed by atoms with Crippen molar-refractivity contribution in [3.05, 3.63) is 35.4 Å². The zero-order valence-corrected chi connectivity index (χ0v) is 15.3. The average molecular weight is 398 g/mol. The van der Waals surface area contributed by atoms with Crippen LogP contribution in [0.5, 0.6) is 0 Å². The first-order valence-electron chi connectivity index (χ1n) is 9.10. The van der Waals surface area contributed by atoms with Gasteiger partial charge in [-0.15, -0.1) is 0 Å². The van der Waals surface area contributed by atoms with Gasteiger partial charge in [0.2, 0.25) is 0 Å². The van der Waals surface area contributed by atoms with Crippen molar-refractivity contribution in [3.8, 4) is 0 Å². The van der Waals surface area contributed by atoms with Crippen molar-refractivity contribution >= 4 is 17.9 Å². The van der Waals surface area contributed by atoms with Gasteiger partial charge in [0.05, 0.1) is 5.56 Å². The highest BCUT2D eigenvalue weighted by Crippen LogP contribution is 2.38. The summed E-state index contributed by atoms with van der Waals surface area (Å²) in [6, 6.07) is 4.08. The molecule has 1 heterocycles. The molecule has 0 unspecified atom stereocenters. The van der Waals surface area contributed by atoms with Crippen LogP contribution in [0, 0.1) is 5.92 Å². The summed E-state index contributed by atoms with van der Waals surface area (Å²) in [5.41, 5.74) is -2.09. The zero-order chi connectivity index (χ0) is 20.5. The minimum Gasteiger partial charge on any atom is -0.459 e. The van der Waals surface area contributed by atoms with Crippen molar-refractivity contribution in [3.63, 3.8) is 0 Å². The third-order valence-corrected chi connectivity index (χ3v) is 5.50. The number of hydrogen-bond donors (Lipinski definition) is 1. The molecule has 1 N–H and O–H groups in total. The summed E-state index contributed by atoms with van der Waals surface area (Å²) in [4.78, 5) is 37.9.